The maximum absolute atomic E-state index is 3.64. The van der Waals surface area contributed by atoms with Crippen LogP contribution in [-0.2, 0) is 0 Å². The van der Waals surface area contributed by atoms with E-state index >= 15 is 0 Å². The highest BCUT2D eigenvalue weighted by molar-refractivity contribution is 5.61. The average Bonchev–Trinajstić information content (AvgIpc) is 2.69. The van der Waals surface area contributed by atoms with Crippen molar-refractivity contribution in [1.82, 2.24) is 5.32 Å². The molecule has 0 amide bonds. The minimum absolute atomic E-state index is 0.251. The molecule has 0 aromatic heterocycles. The number of hydrogen-bond acceptors (Lipinski definition) is 2. The Hall–Kier alpha value is -2.66. The third kappa shape index (κ3) is 4.49. The molecule has 2 heteroatoms. The average molecular weight is 347 g/mol. The Kier molecular flexibility index (Phi) is 7.36. The molecule has 0 spiro atoms. The van der Waals surface area contributed by atoms with E-state index in [0.29, 0.717) is 0 Å². The van der Waals surface area contributed by atoms with E-state index in [1.165, 1.54) is 16.8 Å². The molecule has 136 valence electrons. The number of nitrogens with one attached hydrogen (secondary N) is 2. The number of benzene rings is 1. The SMILES string of the molecule is C/C=C(\CCC)C1=CC=C2C=C(C#Cc3ccc(NC)cc3)C2N1.CC. The fraction of sp³-hybridized carbons (Fsp3) is 0.333. The summed E-state index contributed by atoms with van der Waals surface area (Å²) in [5, 5.41) is 6.76. The molecule has 3 rings (SSSR count). The maximum atomic E-state index is 3.64. The number of anilines is 1. The lowest BCUT2D eigenvalue weighted by Crippen LogP contribution is -2.39. The first-order chi connectivity index (χ1) is 12.7. The van der Waals surface area contributed by atoms with Crippen molar-refractivity contribution >= 4 is 5.69 Å². The first-order valence-electron chi connectivity index (χ1n) is 9.60. The third-order valence-electron chi connectivity index (χ3n) is 4.45. The summed E-state index contributed by atoms with van der Waals surface area (Å²) in [5.41, 5.74) is 7.25. The van der Waals surface area contributed by atoms with Gasteiger partial charge < -0.3 is 10.6 Å². The van der Waals surface area contributed by atoms with Crippen LogP contribution in [0.3, 0.4) is 0 Å². The van der Waals surface area contributed by atoms with Gasteiger partial charge in [0.15, 0.2) is 0 Å². The summed E-state index contributed by atoms with van der Waals surface area (Å²) < 4.78 is 0. The number of hydrogen-bond donors (Lipinski definition) is 2. The van der Waals surface area contributed by atoms with Crippen LogP contribution in [0.5, 0.6) is 0 Å². The monoisotopic (exact) mass is 346 g/mol. The normalized spacial score (nSPS) is 17.5. The second-order valence-electron chi connectivity index (χ2n) is 6.07. The van der Waals surface area contributed by atoms with Gasteiger partial charge in [-0.1, -0.05) is 51.2 Å². The summed E-state index contributed by atoms with van der Waals surface area (Å²) in [6.45, 7) is 8.33. The second-order valence-corrected chi connectivity index (χ2v) is 6.07. The van der Waals surface area contributed by atoms with Crippen LogP contribution >= 0.6 is 0 Å². The summed E-state index contributed by atoms with van der Waals surface area (Å²) in [5.74, 6) is 6.59. The predicted molar refractivity (Wildman–Crippen MR) is 114 cm³/mol. The predicted octanol–water partition coefficient (Wildman–Crippen LogP) is 5.57. The molecule has 0 bridgehead atoms. The Morgan fingerprint density at radius 2 is 1.88 bits per heavy atom. The molecule has 0 radical (unpaired) electrons. The van der Waals surface area contributed by atoms with E-state index in [0.717, 1.165) is 29.7 Å². The summed E-state index contributed by atoms with van der Waals surface area (Å²) in [6.07, 6.45) is 11.0. The Balaban J connectivity index is 0.00000117. The maximum Gasteiger partial charge on any atom is 0.0846 e. The van der Waals surface area contributed by atoms with Gasteiger partial charge in [-0.15, -0.1) is 0 Å². The topological polar surface area (TPSA) is 24.1 Å². The molecule has 2 N–H and O–H groups in total. The van der Waals surface area contributed by atoms with E-state index in [1.54, 1.807) is 0 Å². The van der Waals surface area contributed by atoms with E-state index in [-0.39, 0.29) is 6.04 Å². The van der Waals surface area contributed by atoms with Crippen molar-refractivity contribution in [1.29, 1.82) is 0 Å². The number of allylic oxidation sites excluding steroid dienone is 4. The Bertz CT molecular complexity index is 793. The highest BCUT2D eigenvalue weighted by Crippen LogP contribution is 2.31. The number of dihydropyridines is 1. The van der Waals surface area contributed by atoms with Crippen LogP contribution in [0.1, 0.15) is 46.1 Å². The fourth-order valence-electron chi connectivity index (χ4n) is 2.99. The molecule has 2 aliphatic rings. The van der Waals surface area contributed by atoms with Crippen LogP contribution in [0.2, 0.25) is 0 Å². The van der Waals surface area contributed by atoms with Gasteiger partial charge in [-0.25, -0.2) is 0 Å². The van der Waals surface area contributed by atoms with E-state index in [1.807, 2.05) is 45.2 Å². The molecule has 26 heavy (non-hydrogen) atoms. The van der Waals surface area contributed by atoms with Gasteiger partial charge in [0.25, 0.3) is 0 Å². The van der Waals surface area contributed by atoms with Crippen LogP contribution < -0.4 is 10.6 Å². The highest BCUT2D eigenvalue weighted by Gasteiger charge is 2.28. The van der Waals surface area contributed by atoms with E-state index < -0.39 is 0 Å². The summed E-state index contributed by atoms with van der Waals surface area (Å²) in [7, 11) is 1.92. The standard InChI is InChI=1S/C22H24N2.C2H6/c1-4-6-17(5-2)21-14-11-19-15-18(22(19)24-21)10-7-16-8-12-20(23-3)13-9-16;1-2/h5,8-9,11-15,22-24H,4,6H2,1-3H3;1-2H3/b17-5+;. The minimum Gasteiger partial charge on any atom is -0.388 e. The van der Waals surface area contributed by atoms with Gasteiger partial charge in [0, 0.05) is 29.6 Å². The van der Waals surface area contributed by atoms with Gasteiger partial charge in [-0.05, 0) is 60.9 Å². The molecular formula is C24H30N2. The van der Waals surface area contributed by atoms with Gasteiger partial charge in [-0.2, -0.15) is 0 Å². The molecule has 1 heterocycles. The molecule has 1 aliphatic carbocycles. The zero-order valence-electron chi connectivity index (χ0n) is 16.6. The lowest BCUT2D eigenvalue weighted by atomic mass is 9.83. The Labute approximate surface area is 158 Å². The van der Waals surface area contributed by atoms with Crippen LogP contribution in [0.25, 0.3) is 0 Å². The zero-order valence-corrected chi connectivity index (χ0v) is 16.6. The fourth-order valence-corrected chi connectivity index (χ4v) is 2.99. The van der Waals surface area contributed by atoms with Gasteiger partial charge in [-0.3, -0.25) is 0 Å². The molecule has 1 aromatic rings. The van der Waals surface area contributed by atoms with Crippen molar-refractivity contribution in [2.45, 2.75) is 46.6 Å². The summed E-state index contributed by atoms with van der Waals surface area (Å²) >= 11 is 0. The lowest BCUT2D eigenvalue weighted by Gasteiger charge is -2.33. The molecule has 0 fully saturated rings. The van der Waals surface area contributed by atoms with Crippen LogP contribution in [0, 0.1) is 11.8 Å². The zero-order chi connectivity index (χ0) is 18.9. The first-order valence-corrected chi connectivity index (χ1v) is 9.60. The highest BCUT2D eigenvalue weighted by atomic mass is 15.0. The van der Waals surface area contributed by atoms with E-state index in [2.05, 4.69) is 60.6 Å². The molecule has 0 saturated carbocycles. The molecule has 1 aromatic carbocycles. The largest absolute Gasteiger partial charge is 0.388 e. The Morgan fingerprint density at radius 1 is 1.15 bits per heavy atom. The van der Waals surface area contributed by atoms with Gasteiger partial charge >= 0.3 is 0 Å². The summed E-state index contributed by atoms with van der Waals surface area (Å²) in [4.78, 5) is 0. The Morgan fingerprint density at radius 3 is 2.50 bits per heavy atom. The number of rotatable bonds is 4. The van der Waals surface area contributed by atoms with Crippen molar-refractivity contribution in [3.05, 3.63) is 76.5 Å². The molecular weight excluding hydrogens is 316 g/mol. The lowest BCUT2D eigenvalue weighted by molar-refractivity contribution is 0.694. The third-order valence-corrected chi connectivity index (χ3v) is 4.45. The van der Waals surface area contributed by atoms with Crippen LogP contribution in [0.4, 0.5) is 5.69 Å². The van der Waals surface area contributed by atoms with Crippen LogP contribution in [-0.4, -0.2) is 13.1 Å². The van der Waals surface area contributed by atoms with E-state index in [9.17, 15) is 0 Å². The second kappa shape index (κ2) is 9.73. The molecule has 0 saturated heterocycles. The first kappa shape index (κ1) is 19.7. The summed E-state index contributed by atoms with van der Waals surface area (Å²) in [6, 6.07) is 8.45. The van der Waals surface area contributed by atoms with Crippen molar-refractivity contribution in [3.8, 4) is 11.8 Å². The van der Waals surface area contributed by atoms with Gasteiger partial charge in [0.2, 0.25) is 0 Å². The smallest absolute Gasteiger partial charge is 0.0846 e. The van der Waals surface area contributed by atoms with Crippen molar-refractivity contribution in [2.24, 2.45) is 0 Å². The minimum atomic E-state index is 0.251. The molecule has 1 unspecified atom stereocenters. The molecule has 1 atom stereocenters. The van der Waals surface area contributed by atoms with E-state index in [4.69, 9.17) is 0 Å². The molecule has 1 aliphatic heterocycles. The van der Waals surface area contributed by atoms with Crippen molar-refractivity contribution in [2.75, 3.05) is 12.4 Å². The molecule has 2 nitrogen and oxygen atoms in total. The van der Waals surface area contributed by atoms with Crippen LogP contribution in [0.15, 0.2) is 71.0 Å². The van der Waals surface area contributed by atoms with Gasteiger partial charge in [0.1, 0.15) is 0 Å². The van der Waals surface area contributed by atoms with Crippen molar-refractivity contribution < 1.29 is 0 Å². The van der Waals surface area contributed by atoms with Crippen molar-refractivity contribution in [3.63, 3.8) is 0 Å². The van der Waals surface area contributed by atoms with Gasteiger partial charge in [0.05, 0.1) is 6.04 Å². The number of fused-ring (bicyclic) bond motifs is 1. The quantitative estimate of drug-likeness (QED) is 0.696.